The molecule has 29 heavy (non-hydrogen) atoms. The average Bonchev–Trinajstić information content (AvgIpc) is 3.15. The summed E-state index contributed by atoms with van der Waals surface area (Å²) in [5.41, 5.74) is 1.99. The second kappa shape index (κ2) is 8.74. The van der Waals surface area contributed by atoms with Crippen molar-refractivity contribution in [1.29, 1.82) is 0 Å². The van der Waals surface area contributed by atoms with Crippen LogP contribution in [-0.2, 0) is 16.1 Å². The van der Waals surface area contributed by atoms with Gasteiger partial charge in [-0.2, -0.15) is 0 Å². The minimum atomic E-state index is -0.648. The molecule has 0 unspecified atom stereocenters. The van der Waals surface area contributed by atoms with Crippen molar-refractivity contribution in [3.8, 4) is 11.5 Å². The largest absolute Gasteiger partial charge is 0.507 e. The summed E-state index contributed by atoms with van der Waals surface area (Å²) in [6, 6.07) is 11.9. The number of nitrogens with zero attached hydrogens (tertiary/aromatic N) is 2. The van der Waals surface area contributed by atoms with Gasteiger partial charge in [-0.05, 0) is 36.8 Å². The van der Waals surface area contributed by atoms with Crippen LogP contribution in [0.15, 0.2) is 47.8 Å². The summed E-state index contributed by atoms with van der Waals surface area (Å²) in [6.45, 7) is 3.17. The maximum absolute atomic E-state index is 12.3. The monoisotopic (exact) mass is 412 g/mol. The van der Waals surface area contributed by atoms with Gasteiger partial charge in [0.25, 0.3) is 0 Å². The number of thiazole rings is 1. The third-order valence-electron chi connectivity index (χ3n) is 4.10. The van der Waals surface area contributed by atoms with Crippen molar-refractivity contribution >= 4 is 34.0 Å². The molecule has 7 nitrogen and oxygen atoms in total. The molecule has 0 aliphatic rings. The Morgan fingerprint density at radius 2 is 1.97 bits per heavy atom. The molecule has 3 rings (SSSR count). The lowest BCUT2D eigenvalue weighted by atomic mass is 10.1. The van der Waals surface area contributed by atoms with E-state index in [4.69, 9.17) is 9.47 Å². The van der Waals surface area contributed by atoms with E-state index in [2.05, 4.69) is 4.98 Å². The number of ether oxygens (including phenoxy) is 2. The van der Waals surface area contributed by atoms with Gasteiger partial charge in [-0.15, -0.1) is 11.3 Å². The van der Waals surface area contributed by atoms with Crippen LogP contribution in [0.4, 0.5) is 10.8 Å². The number of aromatic nitrogens is 1. The highest BCUT2D eigenvalue weighted by Crippen LogP contribution is 2.35. The first kappa shape index (κ1) is 20.3. The zero-order chi connectivity index (χ0) is 21.0. The van der Waals surface area contributed by atoms with Crippen LogP contribution in [0.25, 0.3) is 0 Å². The number of esters is 1. The van der Waals surface area contributed by atoms with Gasteiger partial charge in [0.1, 0.15) is 23.7 Å². The summed E-state index contributed by atoms with van der Waals surface area (Å²) in [7, 11) is 1.53. The lowest BCUT2D eigenvalue weighted by Gasteiger charge is -2.20. The first-order valence-corrected chi connectivity index (χ1v) is 9.63. The zero-order valence-electron chi connectivity index (χ0n) is 16.2. The van der Waals surface area contributed by atoms with Crippen LogP contribution in [0.1, 0.15) is 28.5 Å². The summed E-state index contributed by atoms with van der Waals surface area (Å²) < 4.78 is 10.6. The highest BCUT2D eigenvalue weighted by atomic mass is 32.1. The quantitative estimate of drug-likeness (QED) is 0.610. The number of methoxy groups -OCH3 is 1. The third kappa shape index (κ3) is 4.55. The SMILES string of the molecule is COc1ccccc1N(C(C)=O)c1nc(COC(=O)c2ccc(C)cc2O)cs1. The molecule has 0 saturated heterocycles. The number of aryl methyl sites for hydroxylation is 1. The van der Waals surface area contributed by atoms with Crippen LogP contribution < -0.4 is 9.64 Å². The Labute approximate surface area is 172 Å². The van der Waals surface area contributed by atoms with Gasteiger partial charge in [-0.3, -0.25) is 9.69 Å². The molecular formula is C21H20N2O5S. The fourth-order valence-electron chi connectivity index (χ4n) is 2.72. The van der Waals surface area contributed by atoms with E-state index in [-0.39, 0.29) is 23.8 Å². The Bertz CT molecular complexity index is 1050. The average molecular weight is 412 g/mol. The van der Waals surface area contributed by atoms with Crippen LogP contribution in [0, 0.1) is 6.92 Å². The van der Waals surface area contributed by atoms with Crippen molar-refractivity contribution in [3.05, 3.63) is 64.7 Å². The highest BCUT2D eigenvalue weighted by molar-refractivity contribution is 7.14. The smallest absolute Gasteiger partial charge is 0.342 e. The number of phenols is 1. The van der Waals surface area contributed by atoms with Gasteiger partial charge in [0, 0.05) is 12.3 Å². The zero-order valence-corrected chi connectivity index (χ0v) is 17.0. The first-order chi connectivity index (χ1) is 13.9. The van der Waals surface area contributed by atoms with Crippen LogP contribution in [0.2, 0.25) is 0 Å². The van der Waals surface area contributed by atoms with E-state index in [9.17, 15) is 14.7 Å². The molecule has 0 atom stereocenters. The molecule has 3 aromatic rings. The Hall–Kier alpha value is -3.39. The van der Waals surface area contributed by atoms with E-state index >= 15 is 0 Å². The molecule has 1 heterocycles. The van der Waals surface area contributed by atoms with Crippen molar-refractivity contribution in [1.82, 2.24) is 4.98 Å². The fraction of sp³-hybridized carbons (Fsp3) is 0.190. The minimum Gasteiger partial charge on any atom is -0.507 e. The van der Waals surface area contributed by atoms with Crippen molar-refractivity contribution in [2.45, 2.75) is 20.5 Å². The van der Waals surface area contributed by atoms with Crippen molar-refractivity contribution in [2.75, 3.05) is 12.0 Å². The molecule has 0 radical (unpaired) electrons. The van der Waals surface area contributed by atoms with Crippen LogP contribution in [0.3, 0.4) is 0 Å². The second-order valence-corrected chi connectivity index (χ2v) is 7.08. The van der Waals surface area contributed by atoms with Gasteiger partial charge in [0.05, 0.1) is 18.5 Å². The van der Waals surface area contributed by atoms with Gasteiger partial charge < -0.3 is 14.6 Å². The van der Waals surface area contributed by atoms with Crippen molar-refractivity contribution in [3.63, 3.8) is 0 Å². The molecule has 8 heteroatoms. The number of carbonyl (C=O) groups excluding carboxylic acids is 2. The van der Waals surface area contributed by atoms with Gasteiger partial charge in [0.2, 0.25) is 5.91 Å². The standard InChI is InChI=1S/C21H20N2O5S/c1-13-8-9-16(18(25)10-13)20(26)28-11-15-12-29-21(22-15)23(14(2)24)17-6-4-5-7-19(17)27-3/h4-10,12,25H,11H2,1-3H3. The number of anilines is 2. The summed E-state index contributed by atoms with van der Waals surface area (Å²) >= 11 is 1.25. The molecule has 150 valence electrons. The number of hydrogen-bond donors (Lipinski definition) is 1. The third-order valence-corrected chi connectivity index (χ3v) is 4.97. The van der Waals surface area contributed by atoms with E-state index in [1.807, 2.05) is 13.0 Å². The number of phenolic OH excluding ortho intramolecular Hbond substituents is 1. The van der Waals surface area contributed by atoms with Gasteiger partial charge >= 0.3 is 5.97 Å². The molecule has 1 N–H and O–H groups in total. The maximum atomic E-state index is 12.3. The highest BCUT2D eigenvalue weighted by Gasteiger charge is 2.21. The number of amides is 1. The molecule has 1 aromatic heterocycles. The number of hydrogen-bond acceptors (Lipinski definition) is 7. The van der Waals surface area contributed by atoms with E-state index in [0.717, 1.165) is 5.56 Å². The number of aromatic hydroxyl groups is 1. The molecule has 2 aromatic carbocycles. The predicted molar refractivity (Wildman–Crippen MR) is 110 cm³/mol. The maximum Gasteiger partial charge on any atom is 0.342 e. The Morgan fingerprint density at radius 1 is 1.21 bits per heavy atom. The summed E-state index contributed by atoms with van der Waals surface area (Å²) in [5, 5.41) is 12.0. The lowest BCUT2D eigenvalue weighted by molar-refractivity contribution is -0.115. The van der Waals surface area contributed by atoms with E-state index in [1.54, 1.807) is 29.6 Å². The van der Waals surface area contributed by atoms with Gasteiger partial charge in [-0.25, -0.2) is 9.78 Å². The van der Waals surface area contributed by atoms with Crippen LogP contribution in [-0.4, -0.2) is 29.1 Å². The second-order valence-electron chi connectivity index (χ2n) is 6.24. The van der Waals surface area contributed by atoms with E-state index in [0.29, 0.717) is 22.3 Å². The summed E-state index contributed by atoms with van der Waals surface area (Å²) in [4.78, 5) is 30.3. The molecule has 0 aliphatic heterocycles. The molecular weight excluding hydrogens is 392 g/mol. The molecule has 0 saturated carbocycles. The first-order valence-electron chi connectivity index (χ1n) is 8.75. The number of para-hydroxylation sites is 2. The summed E-state index contributed by atoms with van der Waals surface area (Å²) in [5.74, 6) is -0.462. The van der Waals surface area contributed by atoms with Gasteiger partial charge in [0.15, 0.2) is 5.13 Å². The molecule has 0 aliphatic carbocycles. The Morgan fingerprint density at radius 3 is 2.66 bits per heavy atom. The van der Waals surface area contributed by atoms with Gasteiger partial charge in [-0.1, -0.05) is 18.2 Å². The van der Waals surface area contributed by atoms with Crippen molar-refractivity contribution in [2.24, 2.45) is 0 Å². The summed E-state index contributed by atoms with van der Waals surface area (Å²) in [6.07, 6.45) is 0. The number of carbonyl (C=O) groups is 2. The number of benzene rings is 2. The van der Waals surface area contributed by atoms with Crippen LogP contribution in [0.5, 0.6) is 11.5 Å². The molecule has 1 amide bonds. The van der Waals surface area contributed by atoms with E-state index < -0.39 is 5.97 Å². The Balaban J connectivity index is 1.77. The van der Waals surface area contributed by atoms with Crippen LogP contribution >= 0.6 is 11.3 Å². The number of rotatable bonds is 6. The van der Waals surface area contributed by atoms with E-state index in [1.165, 1.54) is 42.4 Å². The Kier molecular flexibility index (Phi) is 6.13. The molecule has 0 fully saturated rings. The normalized spacial score (nSPS) is 10.4. The fourth-order valence-corrected chi connectivity index (χ4v) is 3.58. The lowest BCUT2D eigenvalue weighted by Crippen LogP contribution is -2.23. The molecule has 0 bridgehead atoms. The van der Waals surface area contributed by atoms with Crippen molar-refractivity contribution < 1.29 is 24.2 Å². The topological polar surface area (TPSA) is 89.0 Å². The minimum absolute atomic E-state index is 0.0830. The molecule has 0 spiro atoms. The predicted octanol–water partition coefficient (Wildman–Crippen LogP) is 4.21.